The molecule has 0 bridgehead atoms. The zero-order valence-corrected chi connectivity index (χ0v) is 11.4. The Morgan fingerprint density at radius 3 is 2.95 bits per heavy atom. The van der Waals surface area contributed by atoms with Gasteiger partial charge in [-0.3, -0.25) is 0 Å². The predicted octanol–water partition coefficient (Wildman–Crippen LogP) is 3.64. The average Bonchev–Trinajstić information content (AvgIpc) is 2.53. The fourth-order valence-electron chi connectivity index (χ4n) is 2.47. The van der Waals surface area contributed by atoms with Crippen molar-refractivity contribution >= 4 is 0 Å². The Morgan fingerprint density at radius 2 is 2.14 bits per heavy atom. The molecule has 0 aromatic heterocycles. The summed E-state index contributed by atoms with van der Waals surface area (Å²) in [6, 6.07) is 14.0. The van der Waals surface area contributed by atoms with Crippen LogP contribution in [0.2, 0.25) is 0 Å². The molecule has 0 radical (unpaired) electrons. The molecule has 1 atom stereocenters. The maximum Gasteiger partial charge on any atom is 0.166 e. The molecular weight excluding hydrogens is 269 g/mol. The minimum Gasteiger partial charge on any atom is -0.493 e. The fraction of sp³-hybridized carbons (Fsp3) is 0.235. The highest BCUT2D eigenvalue weighted by molar-refractivity contribution is 5.39. The Bertz CT molecular complexity index is 693. The van der Waals surface area contributed by atoms with Gasteiger partial charge in [0.1, 0.15) is 5.75 Å². The third kappa shape index (κ3) is 2.82. The Hall–Kier alpha value is -2.54. The van der Waals surface area contributed by atoms with Crippen LogP contribution in [0.5, 0.6) is 11.5 Å². The first-order chi connectivity index (χ1) is 10.3. The van der Waals surface area contributed by atoms with Gasteiger partial charge >= 0.3 is 0 Å². The molecule has 0 spiro atoms. The molecule has 2 aromatic rings. The summed E-state index contributed by atoms with van der Waals surface area (Å²) in [5.74, 6) is 0.731. The van der Waals surface area contributed by atoms with Crippen LogP contribution in [-0.2, 0) is 0 Å². The standard InChI is InChI=1S/C17H14FNO2/c18-15-9-12(10-19)5-6-17(15)21-11-13-7-8-20-16-4-2-1-3-14(13)16/h1-6,9,13H,7-8,11H2. The molecule has 1 heterocycles. The van der Waals surface area contributed by atoms with Crippen LogP contribution in [-0.4, -0.2) is 13.2 Å². The Morgan fingerprint density at radius 1 is 1.29 bits per heavy atom. The minimum absolute atomic E-state index is 0.179. The highest BCUT2D eigenvalue weighted by atomic mass is 19.1. The molecule has 3 rings (SSSR count). The molecule has 0 fully saturated rings. The summed E-state index contributed by atoms with van der Waals surface area (Å²) in [4.78, 5) is 0. The highest BCUT2D eigenvalue weighted by Crippen LogP contribution is 2.34. The zero-order valence-electron chi connectivity index (χ0n) is 11.4. The number of rotatable bonds is 3. The molecule has 0 amide bonds. The van der Waals surface area contributed by atoms with Crippen molar-refractivity contribution in [3.8, 4) is 17.6 Å². The van der Waals surface area contributed by atoms with Crippen molar-refractivity contribution in [2.75, 3.05) is 13.2 Å². The number of fused-ring (bicyclic) bond motifs is 1. The van der Waals surface area contributed by atoms with E-state index < -0.39 is 5.82 Å². The maximum absolute atomic E-state index is 13.8. The van der Waals surface area contributed by atoms with E-state index >= 15 is 0 Å². The van der Waals surface area contributed by atoms with Gasteiger partial charge in [-0.1, -0.05) is 18.2 Å². The molecule has 2 aromatic carbocycles. The normalized spacial score (nSPS) is 16.5. The van der Waals surface area contributed by atoms with Gasteiger partial charge in [-0.2, -0.15) is 5.26 Å². The second-order valence-corrected chi connectivity index (χ2v) is 4.94. The summed E-state index contributed by atoms with van der Waals surface area (Å²) in [6.07, 6.45) is 0.842. The third-order valence-electron chi connectivity index (χ3n) is 3.58. The zero-order chi connectivity index (χ0) is 14.7. The van der Waals surface area contributed by atoms with E-state index in [1.54, 1.807) is 6.07 Å². The number of ether oxygens (including phenoxy) is 2. The summed E-state index contributed by atoms with van der Waals surface area (Å²) in [6.45, 7) is 1.03. The van der Waals surface area contributed by atoms with Crippen molar-refractivity contribution < 1.29 is 13.9 Å². The minimum atomic E-state index is -0.505. The van der Waals surface area contributed by atoms with Crippen LogP contribution < -0.4 is 9.47 Å². The number of nitriles is 1. The number of nitrogens with zero attached hydrogens (tertiary/aromatic N) is 1. The molecule has 4 heteroatoms. The number of para-hydroxylation sites is 1. The highest BCUT2D eigenvalue weighted by Gasteiger charge is 2.22. The summed E-state index contributed by atoms with van der Waals surface area (Å²) >= 11 is 0. The van der Waals surface area contributed by atoms with E-state index in [0.717, 1.165) is 17.7 Å². The molecule has 1 aliphatic rings. The molecule has 0 aliphatic carbocycles. The Labute approximate surface area is 122 Å². The molecular formula is C17H14FNO2. The van der Waals surface area contributed by atoms with Crippen molar-refractivity contribution in [3.05, 3.63) is 59.4 Å². The number of hydrogen-bond donors (Lipinski definition) is 0. The lowest BCUT2D eigenvalue weighted by atomic mass is 9.94. The monoisotopic (exact) mass is 283 g/mol. The first-order valence-electron chi connectivity index (χ1n) is 6.82. The van der Waals surface area contributed by atoms with Gasteiger partial charge in [0.15, 0.2) is 11.6 Å². The maximum atomic E-state index is 13.8. The fourth-order valence-corrected chi connectivity index (χ4v) is 2.47. The molecule has 0 saturated carbocycles. The molecule has 21 heavy (non-hydrogen) atoms. The molecule has 106 valence electrons. The number of halogens is 1. The van der Waals surface area contributed by atoms with Gasteiger partial charge in [0.25, 0.3) is 0 Å². The first-order valence-corrected chi connectivity index (χ1v) is 6.82. The van der Waals surface area contributed by atoms with Crippen molar-refractivity contribution in [2.45, 2.75) is 12.3 Å². The molecule has 1 aliphatic heterocycles. The predicted molar refractivity (Wildman–Crippen MR) is 75.9 cm³/mol. The summed E-state index contributed by atoms with van der Waals surface area (Å²) in [5, 5.41) is 8.72. The van der Waals surface area contributed by atoms with Crippen LogP contribution in [0.15, 0.2) is 42.5 Å². The van der Waals surface area contributed by atoms with Crippen molar-refractivity contribution in [1.29, 1.82) is 5.26 Å². The quantitative estimate of drug-likeness (QED) is 0.863. The average molecular weight is 283 g/mol. The molecule has 1 unspecified atom stereocenters. The SMILES string of the molecule is N#Cc1ccc(OCC2CCOc3ccccc32)c(F)c1. The number of hydrogen-bond acceptors (Lipinski definition) is 3. The lowest BCUT2D eigenvalue weighted by Gasteiger charge is -2.25. The van der Waals surface area contributed by atoms with Gasteiger partial charge in [0.2, 0.25) is 0 Å². The summed E-state index contributed by atoms with van der Waals surface area (Å²) < 4.78 is 25.0. The van der Waals surface area contributed by atoms with Crippen LogP contribution in [0.4, 0.5) is 4.39 Å². The van der Waals surface area contributed by atoms with E-state index in [9.17, 15) is 4.39 Å². The Kier molecular flexibility index (Phi) is 3.74. The first kappa shape index (κ1) is 13.4. The lowest BCUT2D eigenvalue weighted by molar-refractivity contribution is 0.213. The molecule has 0 saturated heterocycles. The summed E-state index contributed by atoms with van der Waals surface area (Å²) in [5.41, 5.74) is 1.38. The van der Waals surface area contributed by atoms with Crippen LogP contribution in [0.25, 0.3) is 0 Å². The lowest BCUT2D eigenvalue weighted by Crippen LogP contribution is -2.19. The second kappa shape index (κ2) is 5.84. The topological polar surface area (TPSA) is 42.2 Å². The third-order valence-corrected chi connectivity index (χ3v) is 3.58. The Balaban J connectivity index is 1.73. The van der Waals surface area contributed by atoms with E-state index in [-0.39, 0.29) is 17.2 Å². The number of benzene rings is 2. The van der Waals surface area contributed by atoms with Crippen LogP contribution in [0.1, 0.15) is 23.5 Å². The van der Waals surface area contributed by atoms with E-state index in [2.05, 4.69) is 0 Å². The van der Waals surface area contributed by atoms with E-state index in [1.165, 1.54) is 12.1 Å². The van der Waals surface area contributed by atoms with Gasteiger partial charge < -0.3 is 9.47 Å². The van der Waals surface area contributed by atoms with Gasteiger partial charge in [-0.25, -0.2) is 4.39 Å². The van der Waals surface area contributed by atoms with Crippen molar-refractivity contribution in [1.82, 2.24) is 0 Å². The van der Waals surface area contributed by atoms with Crippen molar-refractivity contribution in [2.24, 2.45) is 0 Å². The van der Waals surface area contributed by atoms with E-state index in [0.29, 0.717) is 13.2 Å². The van der Waals surface area contributed by atoms with Crippen LogP contribution >= 0.6 is 0 Å². The second-order valence-electron chi connectivity index (χ2n) is 4.94. The van der Waals surface area contributed by atoms with Gasteiger partial charge in [0, 0.05) is 11.5 Å². The molecule has 0 N–H and O–H groups in total. The smallest absolute Gasteiger partial charge is 0.166 e. The van der Waals surface area contributed by atoms with E-state index in [4.69, 9.17) is 14.7 Å². The molecule has 3 nitrogen and oxygen atoms in total. The van der Waals surface area contributed by atoms with E-state index in [1.807, 2.05) is 30.3 Å². The van der Waals surface area contributed by atoms with Gasteiger partial charge in [-0.15, -0.1) is 0 Å². The van der Waals surface area contributed by atoms with Crippen molar-refractivity contribution in [3.63, 3.8) is 0 Å². The summed E-state index contributed by atoms with van der Waals surface area (Å²) in [7, 11) is 0. The van der Waals surface area contributed by atoms with Gasteiger partial charge in [-0.05, 0) is 30.7 Å². The van der Waals surface area contributed by atoms with Gasteiger partial charge in [0.05, 0.1) is 24.8 Å². The van der Waals surface area contributed by atoms with Crippen LogP contribution in [0.3, 0.4) is 0 Å². The largest absolute Gasteiger partial charge is 0.493 e. The van der Waals surface area contributed by atoms with Crippen LogP contribution in [0, 0.1) is 17.1 Å².